The second-order valence-corrected chi connectivity index (χ2v) is 17.4. The maximum Gasteiger partial charge on any atom is 0.136 e. The van der Waals surface area contributed by atoms with E-state index in [2.05, 4.69) is 206 Å². The quantitative estimate of drug-likeness (QED) is 0.174. The molecule has 0 amide bonds. The van der Waals surface area contributed by atoms with E-state index in [-0.39, 0.29) is 0 Å². The Hall–Kier alpha value is -8.20. The number of hydrogen-bond donors (Lipinski definition) is 0. The number of fused-ring (bicyclic) bond motifs is 15. The molecule has 0 saturated heterocycles. The second kappa shape index (κ2) is 12.0. The van der Waals surface area contributed by atoms with Crippen LogP contribution in [0.1, 0.15) is 22.3 Å². The van der Waals surface area contributed by atoms with E-state index in [0.717, 1.165) is 55.5 Å². The van der Waals surface area contributed by atoms with Gasteiger partial charge in [0, 0.05) is 21.7 Å². The van der Waals surface area contributed by atoms with Gasteiger partial charge in [0.05, 0.1) is 5.41 Å². The highest BCUT2D eigenvalue weighted by atomic mass is 16.5. The van der Waals surface area contributed by atoms with Gasteiger partial charge in [-0.3, -0.25) is 0 Å². The highest BCUT2D eigenvalue weighted by Gasteiger charge is 2.50. The minimum atomic E-state index is -0.479. The molecule has 0 fully saturated rings. The van der Waals surface area contributed by atoms with Gasteiger partial charge < -0.3 is 9.15 Å². The predicted molar refractivity (Wildman–Crippen MR) is 259 cm³/mol. The van der Waals surface area contributed by atoms with Crippen LogP contribution >= 0.6 is 0 Å². The SMILES string of the molecule is c1ccc2c(c1)-c1ccc(-c3ccc4c5c(cccc35)-c3cc(-c5cccc6oc7cc8ccccc8cc7c56)ccc3O4)cc1C21c2ccccc2-c2cccc3cccc1c23. The molecule has 0 radical (unpaired) electrons. The van der Waals surface area contributed by atoms with Crippen molar-refractivity contribution >= 4 is 54.3 Å². The van der Waals surface area contributed by atoms with Crippen molar-refractivity contribution < 1.29 is 9.15 Å². The van der Waals surface area contributed by atoms with Gasteiger partial charge in [0.25, 0.3) is 0 Å². The topological polar surface area (TPSA) is 22.4 Å². The third kappa shape index (κ3) is 4.27. The predicted octanol–water partition coefficient (Wildman–Crippen LogP) is 16.5. The zero-order chi connectivity index (χ0) is 41.0. The average molecular weight is 799 g/mol. The lowest BCUT2D eigenvalue weighted by molar-refractivity contribution is 0.487. The van der Waals surface area contributed by atoms with Crippen LogP contribution in [0.25, 0.3) is 110 Å². The first-order valence-corrected chi connectivity index (χ1v) is 21.8. The molecular weight excluding hydrogens is 765 g/mol. The Bertz CT molecular complexity index is 4010. The molecule has 2 heteroatoms. The van der Waals surface area contributed by atoms with Crippen LogP contribution in [0.2, 0.25) is 0 Å². The molecule has 2 heterocycles. The van der Waals surface area contributed by atoms with Gasteiger partial charge in [0.1, 0.15) is 22.7 Å². The summed E-state index contributed by atoms with van der Waals surface area (Å²) in [6.07, 6.45) is 0. The van der Waals surface area contributed by atoms with Gasteiger partial charge in [-0.1, -0.05) is 164 Å². The smallest absolute Gasteiger partial charge is 0.136 e. The van der Waals surface area contributed by atoms with Crippen LogP contribution < -0.4 is 4.74 Å². The molecule has 0 saturated carbocycles. The second-order valence-electron chi connectivity index (χ2n) is 17.4. The minimum absolute atomic E-state index is 0.479. The molecule has 15 rings (SSSR count). The number of rotatable bonds is 2. The Kier molecular flexibility index (Phi) is 6.38. The summed E-state index contributed by atoms with van der Waals surface area (Å²) >= 11 is 0. The Morgan fingerprint density at radius 3 is 1.73 bits per heavy atom. The summed E-state index contributed by atoms with van der Waals surface area (Å²) in [5, 5.41) is 9.57. The molecule has 2 aliphatic carbocycles. The fraction of sp³-hybridized carbons (Fsp3) is 0.0164. The summed E-state index contributed by atoms with van der Waals surface area (Å²) in [6.45, 7) is 0. The summed E-state index contributed by atoms with van der Waals surface area (Å²) in [7, 11) is 0. The van der Waals surface area contributed by atoms with Crippen LogP contribution in [0.15, 0.2) is 211 Å². The Balaban J connectivity index is 0.930. The third-order valence-corrected chi connectivity index (χ3v) is 14.5. The largest absolute Gasteiger partial charge is 0.456 e. The van der Waals surface area contributed by atoms with E-state index < -0.39 is 5.41 Å². The van der Waals surface area contributed by atoms with Gasteiger partial charge in [-0.05, 0) is 142 Å². The minimum Gasteiger partial charge on any atom is -0.456 e. The third-order valence-electron chi connectivity index (χ3n) is 14.5. The van der Waals surface area contributed by atoms with Crippen LogP contribution in [0, 0.1) is 0 Å². The van der Waals surface area contributed by atoms with Crippen molar-refractivity contribution in [2.24, 2.45) is 0 Å². The van der Waals surface area contributed by atoms with E-state index in [4.69, 9.17) is 9.15 Å². The summed E-state index contributed by atoms with van der Waals surface area (Å²) in [6, 6.07) is 76.2. The highest BCUT2D eigenvalue weighted by Crippen LogP contribution is 2.62. The maximum atomic E-state index is 6.81. The van der Waals surface area contributed by atoms with Gasteiger partial charge in [-0.2, -0.15) is 0 Å². The van der Waals surface area contributed by atoms with Gasteiger partial charge in [0.15, 0.2) is 0 Å². The van der Waals surface area contributed by atoms with E-state index in [1.807, 2.05) is 0 Å². The molecule has 1 spiro atoms. The molecule has 1 aromatic heterocycles. The van der Waals surface area contributed by atoms with Crippen LogP contribution in [-0.4, -0.2) is 0 Å². The number of ether oxygens (including phenoxy) is 1. The fourth-order valence-corrected chi connectivity index (χ4v) is 11.9. The van der Waals surface area contributed by atoms with Crippen molar-refractivity contribution in [3.05, 3.63) is 229 Å². The maximum absolute atomic E-state index is 6.81. The average Bonchev–Trinajstić information content (AvgIpc) is 3.85. The molecule has 2 nitrogen and oxygen atoms in total. The molecule has 1 atom stereocenters. The van der Waals surface area contributed by atoms with Crippen LogP contribution in [0.3, 0.4) is 0 Å². The monoisotopic (exact) mass is 798 g/mol. The van der Waals surface area contributed by atoms with E-state index in [1.165, 1.54) is 88.1 Å². The van der Waals surface area contributed by atoms with Gasteiger partial charge in [0.2, 0.25) is 0 Å². The highest BCUT2D eigenvalue weighted by molar-refractivity contribution is 6.17. The lowest BCUT2D eigenvalue weighted by Crippen LogP contribution is -2.31. The van der Waals surface area contributed by atoms with Gasteiger partial charge >= 0.3 is 0 Å². The van der Waals surface area contributed by atoms with Crippen molar-refractivity contribution in [1.82, 2.24) is 0 Å². The molecule has 3 aliphatic rings. The zero-order valence-electron chi connectivity index (χ0n) is 33.9. The first-order chi connectivity index (χ1) is 31.2. The van der Waals surface area contributed by atoms with Crippen molar-refractivity contribution in [3.63, 3.8) is 0 Å². The summed E-state index contributed by atoms with van der Waals surface area (Å²) in [5.74, 6) is 1.75. The Morgan fingerprint density at radius 1 is 0.286 bits per heavy atom. The number of furan rings is 1. The van der Waals surface area contributed by atoms with Crippen molar-refractivity contribution in [3.8, 4) is 67.1 Å². The van der Waals surface area contributed by atoms with Crippen LogP contribution in [-0.2, 0) is 5.41 Å². The Morgan fingerprint density at radius 2 is 0.873 bits per heavy atom. The van der Waals surface area contributed by atoms with Crippen molar-refractivity contribution in [2.45, 2.75) is 5.41 Å². The molecule has 63 heavy (non-hydrogen) atoms. The lowest BCUT2D eigenvalue weighted by Gasteiger charge is -2.40. The first kappa shape index (κ1) is 33.5. The van der Waals surface area contributed by atoms with E-state index in [1.54, 1.807) is 0 Å². The summed E-state index contributed by atoms with van der Waals surface area (Å²) in [4.78, 5) is 0. The lowest BCUT2D eigenvalue weighted by atomic mass is 9.61. The standard InChI is InChI=1S/C61H34O2/c1-2-12-37-34-57-49(31-36(37)11-1)59-41(17-10-24-55(59)63-57)38-26-29-54-48(32-38)47-20-9-19-45-40(28-30-56(62-54)60(45)47)39-25-27-44-42-15-3-5-21-50(42)61(53(44)33-39)51-22-6-4-16-43(51)46-18-7-13-35-14-8-23-52(61)58(35)46/h1-34H. The molecule has 0 N–H and O–H groups in total. The van der Waals surface area contributed by atoms with E-state index in [0.29, 0.717) is 0 Å². The van der Waals surface area contributed by atoms with E-state index >= 15 is 0 Å². The van der Waals surface area contributed by atoms with Crippen molar-refractivity contribution in [2.75, 3.05) is 0 Å². The zero-order valence-corrected chi connectivity index (χ0v) is 33.9. The normalized spacial score (nSPS) is 15.2. The fourth-order valence-electron chi connectivity index (χ4n) is 11.9. The summed E-state index contributed by atoms with van der Waals surface area (Å²) < 4.78 is 13.3. The Labute approximate surface area is 362 Å². The molecular formula is C61H34O2. The molecule has 290 valence electrons. The van der Waals surface area contributed by atoms with Gasteiger partial charge in [-0.15, -0.1) is 0 Å². The van der Waals surface area contributed by atoms with Gasteiger partial charge in [-0.25, -0.2) is 0 Å². The van der Waals surface area contributed by atoms with E-state index in [9.17, 15) is 0 Å². The molecule has 1 aliphatic heterocycles. The molecule has 11 aromatic carbocycles. The number of benzene rings is 11. The summed E-state index contributed by atoms with van der Waals surface area (Å²) in [5.41, 5.74) is 18.8. The van der Waals surface area contributed by atoms with Crippen LogP contribution in [0.4, 0.5) is 0 Å². The molecule has 0 bridgehead atoms. The van der Waals surface area contributed by atoms with Crippen molar-refractivity contribution in [1.29, 1.82) is 0 Å². The molecule has 1 unspecified atom stereocenters. The molecule has 12 aromatic rings. The van der Waals surface area contributed by atoms with Crippen LogP contribution in [0.5, 0.6) is 11.5 Å². The number of hydrogen-bond acceptors (Lipinski definition) is 2. The first-order valence-electron chi connectivity index (χ1n) is 21.8.